The van der Waals surface area contributed by atoms with Crippen molar-refractivity contribution >= 4 is 15.9 Å². The van der Waals surface area contributed by atoms with Crippen LogP contribution in [0.25, 0.3) is 0 Å². The van der Waals surface area contributed by atoms with Gasteiger partial charge in [-0.05, 0) is 43.7 Å². The molecular formula is C21H24BrN3O. The smallest absolute Gasteiger partial charge is 0.124 e. The second kappa shape index (κ2) is 9.55. The van der Waals surface area contributed by atoms with Crippen LogP contribution in [0.4, 0.5) is 0 Å². The summed E-state index contributed by atoms with van der Waals surface area (Å²) < 4.78 is 9.22. The highest BCUT2D eigenvalue weighted by atomic mass is 79.9. The number of hydrogen-bond donors (Lipinski definition) is 1. The second-order valence-electron chi connectivity index (χ2n) is 6.36. The molecule has 1 aromatic heterocycles. The number of halogens is 1. The fraction of sp³-hybridized carbons (Fsp3) is 0.286. The SMILES string of the molecule is Cc1ccc(COc2ccc(Br)cc2CNCCCn2ccnc2)cc1. The van der Waals surface area contributed by atoms with Crippen molar-refractivity contribution < 1.29 is 4.74 Å². The van der Waals surface area contributed by atoms with Gasteiger partial charge in [0.1, 0.15) is 12.4 Å². The van der Waals surface area contributed by atoms with Crippen molar-refractivity contribution in [1.82, 2.24) is 14.9 Å². The molecule has 4 nitrogen and oxygen atoms in total. The van der Waals surface area contributed by atoms with Crippen LogP contribution in [0.15, 0.2) is 65.7 Å². The standard InChI is InChI=1S/C21H24BrN3O/c1-17-3-5-18(6-4-17)15-26-21-8-7-20(22)13-19(21)14-23-9-2-11-25-12-10-24-16-25/h3-8,10,12-13,16,23H,2,9,11,14-15H2,1H3. The van der Waals surface area contributed by atoms with Gasteiger partial charge in [0.2, 0.25) is 0 Å². The van der Waals surface area contributed by atoms with Gasteiger partial charge in [-0.15, -0.1) is 0 Å². The molecule has 2 aromatic carbocycles. The molecule has 0 aliphatic carbocycles. The van der Waals surface area contributed by atoms with E-state index in [2.05, 4.69) is 68.1 Å². The molecular weight excluding hydrogens is 390 g/mol. The van der Waals surface area contributed by atoms with Crippen molar-refractivity contribution in [2.45, 2.75) is 33.0 Å². The van der Waals surface area contributed by atoms with Gasteiger partial charge >= 0.3 is 0 Å². The van der Waals surface area contributed by atoms with Crippen LogP contribution in [0.1, 0.15) is 23.1 Å². The van der Waals surface area contributed by atoms with E-state index >= 15 is 0 Å². The third-order valence-corrected chi connectivity index (χ3v) is 4.68. The zero-order chi connectivity index (χ0) is 18.2. The monoisotopic (exact) mass is 413 g/mol. The molecule has 0 atom stereocenters. The third-order valence-electron chi connectivity index (χ3n) is 4.18. The highest BCUT2D eigenvalue weighted by Crippen LogP contribution is 2.24. The minimum absolute atomic E-state index is 0.579. The summed E-state index contributed by atoms with van der Waals surface area (Å²) in [6.07, 6.45) is 6.72. The van der Waals surface area contributed by atoms with Gasteiger partial charge in [0.15, 0.2) is 0 Å². The summed E-state index contributed by atoms with van der Waals surface area (Å²) in [6.45, 7) is 5.38. The van der Waals surface area contributed by atoms with E-state index in [1.807, 2.05) is 30.9 Å². The van der Waals surface area contributed by atoms with E-state index in [1.165, 1.54) is 11.1 Å². The number of nitrogens with one attached hydrogen (secondary N) is 1. The molecule has 1 N–H and O–H groups in total. The Morgan fingerprint density at radius 1 is 1.15 bits per heavy atom. The molecule has 0 spiro atoms. The van der Waals surface area contributed by atoms with Gasteiger partial charge < -0.3 is 14.6 Å². The Morgan fingerprint density at radius 3 is 2.77 bits per heavy atom. The van der Waals surface area contributed by atoms with E-state index < -0.39 is 0 Å². The van der Waals surface area contributed by atoms with Gasteiger partial charge in [-0.1, -0.05) is 45.8 Å². The lowest BCUT2D eigenvalue weighted by Gasteiger charge is -2.13. The maximum atomic E-state index is 6.06. The number of aromatic nitrogens is 2. The zero-order valence-corrected chi connectivity index (χ0v) is 16.6. The number of benzene rings is 2. The van der Waals surface area contributed by atoms with Gasteiger partial charge in [-0.3, -0.25) is 0 Å². The van der Waals surface area contributed by atoms with Gasteiger partial charge in [0.25, 0.3) is 0 Å². The molecule has 0 fully saturated rings. The Labute approximate surface area is 163 Å². The molecule has 0 aliphatic heterocycles. The topological polar surface area (TPSA) is 39.1 Å². The highest BCUT2D eigenvalue weighted by molar-refractivity contribution is 9.10. The van der Waals surface area contributed by atoms with Gasteiger partial charge in [-0.25, -0.2) is 4.98 Å². The van der Waals surface area contributed by atoms with E-state index in [4.69, 9.17) is 4.74 Å². The second-order valence-corrected chi connectivity index (χ2v) is 7.27. The van der Waals surface area contributed by atoms with E-state index in [9.17, 15) is 0 Å². The van der Waals surface area contributed by atoms with Gasteiger partial charge in [0, 0.05) is 35.5 Å². The van der Waals surface area contributed by atoms with Crippen molar-refractivity contribution in [3.8, 4) is 5.75 Å². The van der Waals surface area contributed by atoms with E-state index in [-0.39, 0.29) is 0 Å². The third kappa shape index (κ3) is 5.71. The first-order valence-electron chi connectivity index (χ1n) is 8.84. The molecule has 26 heavy (non-hydrogen) atoms. The van der Waals surface area contributed by atoms with Crippen LogP contribution in [0, 0.1) is 6.92 Å². The van der Waals surface area contributed by atoms with Crippen molar-refractivity contribution in [2.24, 2.45) is 0 Å². The number of imidazole rings is 1. The summed E-state index contributed by atoms with van der Waals surface area (Å²) in [5, 5.41) is 3.50. The zero-order valence-electron chi connectivity index (χ0n) is 15.0. The predicted molar refractivity (Wildman–Crippen MR) is 108 cm³/mol. The van der Waals surface area contributed by atoms with Crippen molar-refractivity contribution in [3.05, 3.63) is 82.3 Å². The quantitative estimate of drug-likeness (QED) is 0.516. The fourth-order valence-electron chi connectivity index (χ4n) is 2.70. The van der Waals surface area contributed by atoms with Crippen LogP contribution in [-0.2, 0) is 19.7 Å². The average molecular weight is 414 g/mol. The molecule has 3 aromatic rings. The molecule has 0 aliphatic rings. The highest BCUT2D eigenvalue weighted by Gasteiger charge is 2.05. The molecule has 136 valence electrons. The molecule has 0 saturated heterocycles. The molecule has 0 saturated carbocycles. The van der Waals surface area contributed by atoms with Crippen molar-refractivity contribution in [1.29, 1.82) is 0 Å². The summed E-state index contributed by atoms with van der Waals surface area (Å²) in [7, 11) is 0. The predicted octanol–water partition coefficient (Wildman–Crippen LogP) is 4.71. The summed E-state index contributed by atoms with van der Waals surface area (Å²) in [4.78, 5) is 4.06. The number of hydrogen-bond acceptors (Lipinski definition) is 3. The lowest BCUT2D eigenvalue weighted by molar-refractivity contribution is 0.302. The summed E-state index contributed by atoms with van der Waals surface area (Å²) >= 11 is 3.56. The van der Waals surface area contributed by atoms with Crippen LogP contribution < -0.4 is 10.1 Å². The van der Waals surface area contributed by atoms with Crippen LogP contribution in [0.5, 0.6) is 5.75 Å². The van der Waals surface area contributed by atoms with Crippen LogP contribution in [0.2, 0.25) is 0 Å². The van der Waals surface area contributed by atoms with Crippen LogP contribution in [-0.4, -0.2) is 16.1 Å². The molecule has 5 heteroatoms. The van der Waals surface area contributed by atoms with E-state index in [0.717, 1.165) is 41.8 Å². The Bertz CT molecular complexity index is 801. The number of aryl methyl sites for hydroxylation is 2. The first-order valence-corrected chi connectivity index (χ1v) is 9.63. The molecule has 0 radical (unpaired) electrons. The summed E-state index contributed by atoms with van der Waals surface area (Å²) in [5.74, 6) is 0.927. The molecule has 1 heterocycles. The Hall–Kier alpha value is -2.11. The lowest BCUT2D eigenvalue weighted by atomic mass is 10.1. The van der Waals surface area contributed by atoms with Crippen molar-refractivity contribution in [2.75, 3.05) is 6.54 Å². The molecule has 0 bridgehead atoms. The Balaban J connectivity index is 1.51. The average Bonchev–Trinajstić information content (AvgIpc) is 3.15. The number of ether oxygens (including phenoxy) is 1. The summed E-state index contributed by atoms with van der Waals surface area (Å²) in [6, 6.07) is 14.6. The van der Waals surface area contributed by atoms with E-state index in [1.54, 1.807) is 0 Å². The molecule has 0 amide bonds. The maximum absolute atomic E-state index is 6.06. The largest absolute Gasteiger partial charge is 0.489 e. The molecule has 3 rings (SSSR count). The van der Waals surface area contributed by atoms with Gasteiger partial charge in [0.05, 0.1) is 6.33 Å². The number of nitrogens with zero attached hydrogens (tertiary/aromatic N) is 2. The first kappa shape index (κ1) is 18.7. The molecule has 0 unspecified atom stereocenters. The first-order chi connectivity index (χ1) is 12.7. The lowest BCUT2D eigenvalue weighted by Crippen LogP contribution is -2.17. The number of rotatable bonds is 9. The Morgan fingerprint density at radius 2 is 2.00 bits per heavy atom. The fourth-order valence-corrected chi connectivity index (χ4v) is 3.11. The minimum atomic E-state index is 0.579. The normalized spacial score (nSPS) is 10.8. The summed E-state index contributed by atoms with van der Waals surface area (Å²) in [5.41, 5.74) is 3.60. The van der Waals surface area contributed by atoms with Crippen LogP contribution in [0.3, 0.4) is 0 Å². The maximum Gasteiger partial charge on any atom is 0.124 e. The minimum Gasteiger partial charge on any atom is -0.489 e. The van der Waals surface area contributed by atoms with Crippen molar-refractivity contribution in [3.63, 3.8) is 0 Å². The van der Waals surface area contributed by atoms with Crippen LogP contribution >= 0.6 is 15.9 Å². The Kier molecular flexibility index (Phi) is 6.86. The van der Waals surface area contributed by atoms with Gasteiger partial charge in [-0.2, -0.15) is 0 Å². The van der Waals surface area contributed by atoms with E-state index in [0.29, 0.717) is 6.61 Å².